The number of hydrogen-bond donors (Lipinski definition) is 2. The molecule has 0 saturated carbocycles. The summed E-state index contributed by atoms with van der Waals surface area (Å²) < 4.78 is 0. The lowest BCUT2D eigenvalue weighted by atomic mass is 10.2. The summed E-state index contributed by atoms with van der Waals surface area (Å²) in [6, 6.07) is 13.9. The van der Waals surface area contributed by atoms with Gasteiger partial charge in [0, 0.05) is 24.3 Å². The fourth-order valence-electron chi connectivity index (χ4n) is 2.18. The Morgan fingerprint density at radius 2 is 2.00 bits per heavy atom. The van der Waals surface area contributed by atoms with Crippen LogP contribution in [0, 0.1) is 6.92 Å². The standard InChI is InChI=1S/C16H20N4O/c1-3-20(11-13-7-5-4-6-8-13)15-10-14(16(17)19-21)9-12(2)18-15/h4-10,21H,3,11H2,1-2H3,(H2,17,19). The summed E-state index contributed by atoms with van der Waals surface area (Å²) in [5.41, 5.74) is 8.40. The van der Waals surface area contributed by atoms with Gasteiger partial charge in [-0.2, -0.15) is 0 Å². The molecule has 5 nitrogen and oxygen atoms in total. The van der Waals surface area contributed by atoms with Crippen LogP contribution in [-0.2, 0) is 6.54 Å². The average Bonchev–Trinajstić information content (AvgIpc) is 2.52. The van der Waals surface area contributed by atoms with E-state index in [1.807, 2.05) is 31.2 Å². The van der Waals surface area contributed by atoms with Crippen LogP contribution in [0.4, 0.5) is 5.82 Å². The molecular weight excluding hydrogens is 264 g/mol. The third kappa shape index (κ3) is 3.72. The summed E-state index contributed by atoms with van der Waals surface area (Å²) in [5.74, 6) is 0.917. The number of hydrogen-bond acceptors (Lipinski definition) is 4. The lowest BCUT2D eigenvalue weighted by Gasteiger charge is -2.23. The number of nitrogens with zero attached hydrogens (tertiary/aromatic N) is 3. The van der Waals surface area contributed by atoms with Gasteiger partial charge in [-0.1, -0.05) is 35.5 Å². The smallest absolute Gasteiger partial charge is 0.170 e. The molecule has 0 bridgehead atoms. The van der Waals surface area contributed by atoms with E-state index in [2.05, 4.69) is 34.1 Å². The fraction of sp³-hybridized carbons (Fsp3) is 0.250. The zero-order valence-corrected chi connectivity index (χ0v) is 12.3. The van der Waals surface area contributed by atoms with E-state index in [1.54, 1.807) is 6.07 Å². The van der Waals surface area contributed by atoms with Crippen LogP contribution < -0.4 is 10.6 Å². The molecule has 0 radical (unpaired) electrons. The summed E-state index contributed by atoms with van der Waals surface area (Å²) in [6.45, 7) is 5.56. The molecule has 1 aromatic carbocycles. The Labute approximate surface area is 124 Å². The molecule has 2 rings (SSSR count). The van der Waals surface area contributed by atoms with Crippen molar-refractivity contribution in [1.82, 2.24) is 4.98 Å². The van der Waals surface area contributed by atoms with Gasteiger partial charge in [-0.15, -0.1) is 0 Å². The number of oxime groups is 1. The second kappa shape index (κ2) is 6.74. The molecule has 0 atom stereocenters. The lowest BCUT2D eigenvalue weighted by Crippen LogP contribution is -2.24. The number of aryl methyl sites for hydroxylation is 1. The van der Waals surface area contributed by atoms with Crippen LogP contribution in [0.3, 0.4) is 0 Å². The summed E-state index contributed by atoms with van der Waals surface area (Å²) in [4.78, 5) is 6.70. The molecule has 0 aliphatic heterocycles. The predicted octanol–water partition coefficient (Wildman–Crippen LogP) is 2.51. The highest BCUT2D eigenvalue weighted by molar-refractivity contribution is 5.97. The minimum atomic E-state index is 0.0949. The number of rotatable bonds is 5. The lowest BCUT2D eigenvalue weighted by molar-refractivity contribution is 0.318. The molecule has 0 aliphatic carbocycles. The Balaban J connectivity index is 2.31. The Morgan fingerprint density at radius 3 is 2.62 bits per heavy atom. The van der Waals surface area contributed by atoms with E-state index in [0.29, 0.717) is 5.56 Å². The highest BCUT2D eigenvalue weighted by Crippen LogP contribution is 2.17. The molecule has 0 unspecified atom stereocenters. The zero-order chi connectivity index (χ0) is 15.2. The Kier molecular flexibility index (Phi) is 4.77. The quantitative estimate of drug-likeness (QED) is 0.383. The number of aromatic nitrogens is 1. The molecule has 0 saturated heterocycles. The Bertz CT molecular complexity index is 625. The van der Waals surface area contributed by atoms with Crippen LogP contribution in [-0.4, -0.2) is 22.6 Å². The molecule has 0 amide bonds. The van der Waals surface area contributed by atoms with Gasteiger partial charge in [0.15, 0.2) is 5.84 Å². The fourth-order valence-corrected chi connectivity index (χ4v) is 2.18. The topological polar surface area (TPSA) is 74.7 Å². The maximum atomic E-state index is 8.83. The molecule has 5 heteroatoms. The first kappa shape index (κ1) is 14.8. The van der Waals surface area contributed by atoms with E-state index >= 15 is 0 Å². The molecule has 2 aromatic rings. The molecule has 110 valence electrons. The van der Waals surface area contributed by atoms with Gasteiger partial charge in [-0.3, -0.25) is 0 Å². The van der Waals surface area contributed by atoms with Gasteiger partial charge in [-0.25, -0.2) is 4.98 Å². The minimum absolute atomic E-state index is 0.0949. The van der Waals surface area contributed by atoms with Gasteiger partial charge < -0.3 is 15.8 Å². The first-order valence-electron chi connectivity index (χ1n) is 6.89. The van der Waals surface area contributed by atoms with Crippen molar-refractivity contribution < 1.29 is 5.21 Å². The van der Waals surface area contributed by atoms with E-state index in [-0.39, 0.29) is 5.84 Å². The summed E-state index contributed by atoms with van der Waals surface area (Å²) >= 11 is 0. The van der Waals surface area contributed by atoms with Crippen molar-refractivity contribution in [3.63, 3.8) is 0 Å². The third-order valence-corrected chi connectivity index (χ3v) is 3.27. The SMILES string of the molecule is CCN(Cc1ccccc1)c1cc(/C(N)=N/O)cc(C)n1. The van der Waals surface area contributed by atoms with E-state index in [9.17, 15) is 0 Å². The van der Waals surface area contributed by atoms with Gasteiger partial charge in [-0.05, 0) is 31.5 Å². The van der Waals surface area contributed by atoms with Crippen LogP contribution in [0.15, 0.2) is 47.6 Å². The predicted molar refractivity (Wildman–Crippen MR) is 84.7 cm³/mol. The van der Waals surface area contributed by atoms with E-state index in [1.165, 1.54) is 5.56 Å². The molecule has 0 fully saturated rings. The van der Waals surface area contributed by atoms with Gasteiger partial charge in [0.2, 0.25) is 0 Å². The molecule has 1 aromatic heterocycles. The molecular formula is C16H20N4O. The first-order chi connectivity index (χ1) is 10.1. The maximum absolute atomic E-state index is 8.83. The van der Waals surface area contributed by atoms with Gasteiger partial charge in [0.25, 0.3) is 0 Å². The first-order valence-corrected chi connectivity index (χ1v) is 6.89. The number of anilines is 1. The van der Waals surface area contributed by atoms with Crippen LogP contribution in [0.5, 0.6) is 0 Å². The van der Waals surface area contributed by atoms with Crippen molar-refractivity contribution in [2.45, 2.75) is 20.4 Å². The second-order valence-electron chi connectivity index (χ2n) is 4.84. The number of pyridine rings is 1. The monoisotopic (exact) mass is 284 g/mol. The van der Waals surface area contributed by atoms with Crippen molar-refractivity contribution in [3.05, 3.63) is 59.3 Å². The van der Waals surface area contributed by atoms with Gasteiger partial charge in [0.1, 0.15) is 5.82 Å². The van der Waals surface area contributed by atoms with E-state index < -0.39 is 0 Å². The normalized spacial score (nSPS) is 11.4. The largest absolute Gasteiger partial charge is 0.409 e. The number of benzene rings is 1. The molecule has 0 spiro atoms. The van der Waals surface area contributed by atoms with Crippen molar-refractivity contribution in [1.29, 1.82) is 0 Å². The summed E-state index contributed by atoms with van der Waals surface area (Å²) in [6.07, 6.45) is 0. The number of amidine groups is 1. The molecule has 3 N–H and O–H groups in total. The maximum Gasteiger partial charge on any atom is 0.170 e. The number of nitrogens with two attached hydrogens (primary N) is 1. The second-order valence-corrected chi connectivity index (χ2v) is 4.84. The van der Waals surface area contributed by atoms with Gasteiger partial charge >= 0.3 is 0 Å². The Hall–Kier alpha value is -2.56. The Morgan fingerprint density at radius 1 is 1.29 bits per heavy atom. The van der Waals surface area contributed by atoms with Crippen molar-refractivity contribution >= 4 is 11.7 Å². The van der Waals surface area contributed by atoms with E-state index in [0.717, 1.165) is 24.6 Å². The summed E-state index contributed by atoms with van der Waals surface area (Å²) in [5, 5.41) is 11.9. The zero-order valence-electron chi connectivity index (χ0n) is 12.3. The van der Waals surface area contributed by atoms with Crippen LogP contribution in [0.2, 0.25) is 0 Å². The van der Waals surface area contributed by atoms with E-state index in [4.69, 9.17) is 10.9 Å². The van der Waals surface area contributed by atoms with Crippen molar-refractivity contribution in [2.24, 2.45) is 10.9 Å². The van der Waals surface area contributed by atoms with Crippen molar-refractivity contribution in [3.8, 4) is 0 Å². The molecule has 1 heterocycles. The molecule has 21 heavy (non-hydrogen) atoms. The van der Waals surface area contributed by atoms with Gasteiger partial charge in [0.05, 0.1) is 0 Å². The van der Waals surface area contributed by atoms with Crippen LogP contribution in [0.25, 0.3) is 0 Å². The highest BCUT2D eigenvalue weighted by atomic mass is 16.4. The highest BCUT2D eigenvalue weighted by Gasteiger charge is 2.10. The molecule has 0 aliphatic rings. The average molecular weight is 284 g/mol. The van der Waals surface area contributed by atoms with Crippen LogP contribution in [0.1, 0.15) is 23.7 Å². The third-order valence-electron chi connectivity index (χ3n) is 3.27. The summed E-state index contributed by atoms with van der Waals surface area (Å²) in [7, 11) is 0. The van der Waals surface area contributed by atoms with Crippen LogP contribution >= 0.6 is 0 Å². The minimum Gasteiger partial charge on any atom is -0.409 e. The van der Waals surface area contributed by atoms with Crippen molar-refractivity contribution in [2.75, 3.05) is 11.4 Å².